The minimum absolute atomic E-state index is 0.0276. The summed E-state index contributed by atoms with van der Waals surface area (Å²) in [4.78, 5) is 9.45. The lowest BCUT2D eigenvalue weighted by Crippen LogP contribution is -2.60. The third-order valence-electron chi connectivity index (χ3n) is 3.02. The van der Waals surface area contributed by atoms with Crippen LogP contribution in [0.4, 0.5) is 47.8 Å². The second-order valence-electron chi connectivity index (χ2n) is 4.56. The molecule has 1 aromatic carbocycles. The number of alkyl halides is 7. The monoisotopic (exact) mass is 349 g/mol. The highest BCUT2D eigenvalue weighted by Crippen LogP contribution is 2.48. The molecule has 23 heavy (non-hydrogen) atoms. The lowest BCUT2D eigenvalue weighted by Gasteiger charge is -2.31. The van der Waals surface area contributed by atoms with E-state index in [-0.39, 0.29) is 12.1 Å². The highest BCUT2D eigenvalue weighted by molar-refractivity contribution is 5.85. The molecule has 1 aliphatic rings. The predicted octanol–water partition coefficient (Wildman–Crippen LogP) is 3.00. The molecule has 1 aromatic rings. The summed E-state index contributed by atoms with van der Waals surface area (Å²) >= 11 is 0. The maximum Gasteiger partial charge on any atom is 0.416 e. The SMILES string of the molecule is O=[N+]([O-])c1cc(C(F)(F)F)cc2c1NC(O)(C(F)(F)C(F)F)N2. The standard InChI is InChI=1S/C10H6F7N3O3/c11-7(12)8(13,14)10(21)18-4-1-3(9(15,16)17)2-5(20(22)23)6(4)19-10/h1-2,7,18-19,21H. The fourth-order valence-electron chi connectivity index (χ4n) is 1.90. The number of aliphatic hydroxyl groups is 1. The Hall–Kier alpha value is -2.31. The summed E-state index contributed by atoms with van der Waals surface area (Å²) in [7, 11) is 0. The molecule has 1 atom stereocenters. The van der Waals surface area contributed by atoms with Gasteiger partial charge in [0.1, 0.15) is 5.69 Å². The van der Waals surface area contributed by atoms with Gasteiger partial charge in [-0.3, -0.25) is 10.1 Å². The van der Waals surface area contributed by atoms with E-state index in [2.05, 4.69) is 0 Å². The molecule has 0 spiro atoms. The summed E-state index contributed by atoms with van der Waals surface area (Å²) in [6.45, 7) is 0. The average Bonchev–Trinajstić information content (AvgIpc) is 2.73. The zero-order chi connectivity index (χ0) is 17.8. The van der Waals surface area contributed by atoms with E-state index in [1.165, 1.54) is 10.6 Å². The fraction of sp³-hybridized carbons (Fsp3) is 0.400. The van der Waals surface area contributed by atoms with E-state index in [1.807, 2.05) is 0 Å². The molecule has 1 aliphatic heterocycles. The summed E-state index contributed by atoms with van der Waals surface area (Å²) in [5.74, 6) is -9.04. The highest BCUT2D eigenvalue weighted by atomic mass is 19.4. The number of rotatable bonds is 3. The van der Waals surface area contributed by atoms with Crippen LogP contribution in [0.2, 0.25) is 0 Å². The molecule has 13 heteroatoms. The van der Waals surface area contributed by atoms with Crippen molar-refractivity contribution in [2.24, 2.45) is 0 Å². The molecule has 6 nitrogen and oxygen atoms in total. The van der Waals surface area contributed by atoms with Gasteiger partial charge in [-0.25, -0.2) is 8.78 Å². The fourth-order valence-corrected chi connectivity index (χ4v) is 1.90. The van der Waals surface area contributed by atoms with Crippen LogP contribution >= 0.6 is 0 Å². The minimum Gasteiger partial charge on any atom is -0.349 e. The van der Waals surface area contributed by atoms with E-state index in [0.717, 1.165) is 0 Å². The van der Waals surface area contributed by atoms with Crippen LogP contribution in [0.15, 0.2) is 12.1 Å². The van der Waals surface area contributed by atoms with Crippen molar-refractivity contribution in [1.82, 2.24) is 0 Å². The average molecular weight is 349 g/mol. The van der Waals surface area contributed by atoms with Crippen molar-refractivity contribution in [2.75, 3.05) is 10.6 Å². The number of fused-ring (bicyclic) bond motifs is 1. The normalized spacial score (nSPS) is 20.9. The van der Waals surface area contributed by atoms with Crippen LogP contribution in [0.1, 0.15) is 5.56 Å². The van der Waals surface area contributed by atoms with Crippen molar-refractivity contribution in [1.29, 1.82) is 0 Å². The first-order chi connectivity index (χ1) is 10.3. The lowest BCUT2D eigenvalue weighted by molar-refractivity contribution is -0.384. The molecule has 2 rings (SSSR count). The molecule has 0 aliphatic carbocycles. The summed E-state index contributed by atoms with van der Waals surface area (Å²) < 4.78 is 89.4. The second-order valence-corrected chi connectivity index (χ2v) is 4.56. The van der Waals surface area contributed by atoms with E-state index in [9.17, 15) is 46.0 Å². The number of hydrogen-bond donors (Lipinski definition) is 3. The highest BCUT2D eigenvalue weighted by Gasteiger charge is 2.63. The van der Waals surface area contributed by atoms with Crippen molar-refractivity contribution < 1.29 is 40.8 Å². The molecule has 128 valence electrons. The Morgan fingerprint density at radius 2 is 1.74 bits per heavy atom. The topological polar surface area (TPSA) is 87.4 Å². The number of halogens is 7. The molecular weight excluding hydrogens is 343 g/mol. The van der Waals surface area contributed by atoms with Gasteiger partial charge in [0.25, 0.3) is 11.5 Å². The Labute approximate surface area is 122 Å². The molecule has 3 N–H and O–H groups in total. The number of nitro groups is 1. The Morgan fingerprint density at radius 1 is 1.17 bits per heavy atom. The van der Waals surface area contributed by atoms with Crippen LogP contribution in [-0.4, -0.2) is 28.2 Å². The van der Waals surface area contributed by atoms with Gasteiger partial charge in [-0.15, -0.1) is 0 Å². The summed E-state index contributed by atoms with van der Waals surface area (Å²) in [6, 6.07) is 0.203. The zero-order valence-electron chi connectivity index (χ0n) is 10.6. The van der Waals surface area contributed by atoms with Crippen LogP contribution in [0.25, 0.3) is 0 Å². The maximum atomic E-state index is 13.4. The van der Waals surface area contributed by atoms with Gasteiger partial charge in [0.15, 0.2) is 0 Å². The van der Waals surface area contributed by atoms with Crippen LogP contribution in [0.5, 0.6) is 0 Å². The van der Waals surface area contributed by atoms with Crippen molar-refractivity contribution in [3.8, 4) is 0 Å². The van der Waals surface area contributed by atoms with E-state index >= 15 is 0 Å². The maximum absolute atomic E-state index is 13.4. The Balaban J connectivity index is 2.58. The molecule has 1 heterocycles. The van der Waals surface area contributed by atoms with Gasteiger partial charge in [0, 0.05) is 6.07 Å². The number of anilines is 2. The number of nitro benzene ring substituents is 1. The first-order valence-electron chi connectivity index (χ1n) is 5.64. The van der Waals surface area contributed by atoms with Gasteiger partial charge < -0.3 is 15.7 Å². The number of benzene rings is 1. The molecule has 0 saturated heterocycles. The van der Waals surface area contributed by atoms with Gasteiger partial charge in [-0.05, 0) is 6.07 Å². The van der Waals surface area contributed by atoms with Crippen molar-refractivity contribution >= 4 is 17.1 Å². The Morgan fingerprint density at radius 3 is 2.17 bits per heavy atom. The second kappa shape index (κ2) is 4.84. The summed E-state index contributed by atoms with van der Waals surface area (Å²) in [6.07, 6.45) is -9.46. The first kappa shape index (κ1) is 17.1. The molecule has 0 amide bonds. The zero-order valence-corrected chi connectivity index (χ0v) is 10.6. The van der Waals surface area contributed by atoms with Gasteiger partial charge in [-0.2, -0.15) is 22.0 Å². The van der Waals surface area contributed by atoms with Crippen LogP contribution < -0.4 is 10.6 Å². The van der Waals surface area contributed by atoms with E-state index in [4.69, 9.17) is 0 Å². The lowest BCUT2D eigenvalue weighted by atomic mass is 10.1. The van der Waals surface area contributed by atoms with Crippen LogP contribution in [0, 0.1) is 10.1 Å². The smallest absolute Gasteiger partial charge is 0.349 e. The van der Waals surface area contributed by atoms with Crippen LogP contribution in [0.3, 0.4) is 0 Å². The third-order valence-corrected chi connectivity index (χ3v) is 3.02. The third kappa shape index (κ3) is 2.60. The van der Waals surface area contributed by atoms with E-state index in [1.54, 1.807) is 0 Å². The van der Waals surface area contributed by atoms with Crippen molar-refractivity contribution in [2.45, 2.75) is 24.4 Å². The Bertz CT molecular complexity index is 664. The van der Waals surface area contributed by atoms with Crippen molar-refractivity contribution in [3.05, 3.63) is 27.8 Å². The number of nitrogens with one attached hydrogen (secondary N) is 2. The molecule has 0 fully saturated rings. The first-order valence-corrected chi connectivity index (χ1v) is 5.64. The molecule has 0 aromatic heterocycles. The molecule has 0 radical (unpaired) electrons. The van der Waals surface area contributed by atoms with Gasteiger partial charge in [-0.1, -0.05) is 0 Å². The summed E-state index contributed by atoms with van der Waals surface area (Å²) in [5, 5.41) is 23.1. The van der Waals surface area contributed by atoms with Crippen molar-refractivity contribution in [3.63, 3.8) is 0 Å². The van der Waals surface area contributed by atoms with E-state index in [0.29, 0.717) is 0 Å². The minimum atomic E-state index is -5.15. The number of hydrogen-bond acceptors (Lipinski definition) is 5. The predicted molar refractivity (Wildman–Crippen MR) is 61.2 cm³/mol. The van der Waals surface area contributed by atoms with Crippen LogP contribution in [-0.2, 0) is 6.18 Å². The summed E-state index contributed by atoms with van der Waals surface area (Å²) in [5.41, 5.74) is -4.83. The van der Waals surface area contributed by atoms with Gasteiger partial charge in [0.05, 0.1) is 16.2 Å². The molecule has 0 bridgehead atoms. The largest absolute Gasteiger partial charge is 0.416 e. The van der Waals surface area contributed by atoms with Gasteiger partial charge in [0.2, 0.25) is 0 Å². The van der Waals surface area contributed by atoms with Gasteiger partial charge >= 0.3 is 18.5 Å². The molecular formula is C10H6F7N3O3. The molecule has 1 unspecified atom stereocenters. The molecule has 0 saturated carbocycles. The van der Waals surface area contributed by atoms with E-state index < -0.39 is 51.9 Å². The Kier molecular flexibility index (Phi) is 3.59. The quantitative estimate of drug-likeness (QED) is 0.444. The number of nitrogens with zero attached hydrogens (tertiary/aromatic N) is 1.